The van der Waals surface area contributed by atoms with Gasteiger partial charge in [0.1, 0.15) is 12.4 Å². The van der Waals surface area contributed by atoms with E-state index in [1.807, 2.05) is 48.5 Å². The second kappa shape index (κ2) is 8.87. The lowest BCUT2D eigenvalue weighted by atomic mass is 9.98. The maximum atomic E-state index is 12.9. The second-order valence-corrected chi connectivity index (χ2v) is 7.32. The van der Waals surface area contributed by atoms with E-state index in [0.29, 0.717) is 19.7 Å². The maximum absolute atomic E-state index is 12.9. The van der Waals surface area contributed by atoms with Crippen LogP contribution in [0, 0.1) is 0 Å². The van der Waals surface area contributed by atoms with Crippen molar-refractivity contribution in [2.45, 2.75) is 12.5 Å². The minimum atomic E-state index is -0.348. The van der Waals surface area contributed by atoms with Gasteiger partial charge in [-0.25, -0.2) is 4.79 Å². The van der Waals surface area contributed by atoms with Crippen molar-refractivity contribution in [1.82, 2.24) is 4.90 Å². The van der Waals surface area contributed by atoms with E-state index in [0.717, 1.165) is 11.3 Å². The van der Waals surface area contributed by atoms with E-state index in [-0.39, 0.29) is 12.0 Å². The standard InChI is InChI=1S/C26H25NO3/c1-3-15-27(17-19-9-8-10-20(16-19)29-2)26(28)30-18-25-23-13-6-4-11-21(23)22-12-5-7-14-24(22)25/h3-14,16,25H,1,15,17-18H2,2H3. The molecule has 4 rings (SSSR count). The van der Waals surface area contributed by atoms with Crippen LogP contribution in [0.4, 0.5) is 4.79 Å². The van der Waals surface area contributed by atoms with Gasteiger partial charge in [0, 0.05) is 19.0 Å². The Hall–Kier alpha value is -3.53. The molecular formula is C26H25NO3. The van der Waals surface area contributed by atoms with Crippen LogP contribution in [0.15, 0.2) is 85.5 Å². The Kier molecular flexibility index (Phi) is 5.84. The fraction of sp³-hybridized carbons (Fsp3) is 0.192. The van der Waals surface area contributed by atoms with Crippen molar-refractivity contribution in [3.05, 3.63) is 102 Å². The van der Waals surface area contributed by atoms with Crippen LogP contribution in [0.25, 0.3) is 11.1 Å². The molecule has 3 aromatic rings. The molecule has 0 unspecified atom stereocenters. The first-order chi connectivity index (χ1) is 14.7. The Labute approximate surface area is 177 Å². The van der Waals surface area contributed by atoms with E-state index in [1.54, 1.807) is 18.1 Å². The lowest BCUT2D eigenvalue weighted by molar-refractivity contribution is 0.101. The molecule has 0 aromatic heterocycles. The molecule has 1 aliphatic rings. The number of ether oxygens (including phenoxy) is 2. The highest BCUT2D eigenvalue weighted by Gasteiger charge is 2.29. The minimum Gasteiger partial charge on any atom is -0.497 e. The van der Waals surface area contributed by atoms with Gasteiger partial charge >= 0.3 is 6.09 Å². The van der Waals surface area contributed by atoms with E-state index in [2.05, 4.69) is 30.8 Å². The van der Waals surface area contributed by atoms with E-state index >= 15 is 0 Å². The average molecular weight is 399 g/mol. The Bertz CT molecular complexity index is 1010. The van der Waals surface area contributed by atoms with E-state index in [4.69, 9.17) is 9.47 Å². The van der Waals surface area contributed by atoms with Crippen LogP contribution >= 0.6 is 0 Å². The summed E-state index contributed by atoms with van der Waals surface area (Å²) in [6, 6.07) is 24.3. The van der Waals surface area contributed by atoms with Gasteiger partial charge in [0.2, 0.25) is 0 Å². The summed E-state index contributed by atoms with van der Waals surface area (Å²) in [5, 5.41) is 0. The minimum absolute atomic E-state index is 0.0451. The average Bonchev–Trinajstić information content (AvgIpc) is 3.11. The van der Waals surface area contributed by atoms with Crippen molar-refractivity contribution in [1.29, 1.82) is 0 Å². The molecule has 3 aromatic carbocycles. The zero-order chi connectivity index (χ0) is 20.9. The summed E-state index contributed by atoms with van der Waals surface area (Å²) in [7, 11) is 1.63. The van der Waals surface area contributed by atoms with Gasteiger partial charge in [-0.15, -0.1) is 6.58 Å². The quantitative estimate of drug-likeness (QED) is 0.483. The molecule has 0 atom stereocenters. The van der Waals surface area contributed by atoms with Gasteiger partial charge in [-0.3, -0.25) is 0 Å². The number of carbonyl (C=O) groups is 1. The number of amides is 1. The van der Waals surface area contributed by atoms with Crippen molar-refractivity contribution >= 4 is 6.09 Å². The highest BCUT2D eigenvalue weighted by molar-refractivity contribution is 5.79. The molecule has 0 bridgehead atoms. The van der Waals surface area contributed by atoms with Crippen LogP contribution in [0.1, 0.15) is 22.6 Å². The number of benzene rings is 3. The van der Waals surface area contributed by atoms with Crippen molar-refractivity contribution in [3.63, 3.8) is 0 Å². The molecule has 152 valence electrons. The normalized spacial score (nSPS) is 12.0. The molecule has 1 amide bonds. The van der Waals surface area contributed by atoms with E-state index < -0.39 is 0 Å². The molecule has 30 heavy (non-hydrogen) atoms. The first-order valence-corrected chi connectivity index (χ1v) is 10.0. The molecule has 4 heteroatoms. The predicted octanol–water partition coefficient (Wildman–Crippen LogP) is 5.63. The fourth-order valence-corrected chi connectivity index (χ4v) is 4.04. The molecule has 4 nitrogen and oxygen atoms in total. The molecule has 1 aliphatic carbocycles. The number of methoxy groups -OCH3 is 1. The van der Waals surface area contributed by atoms with Crippen molar-refractivity contribution < 1.29 is 14.3 Å². The highest BCUT2D eigenvalue weighted by Crippen LogP contribution is 2.44. The number of carbonyl (C=O) groups excluding carboxylic acids is 1. The van der Waals surface area contributed by atoms with Crippen LogP contribution in [0.3, 0.4) is 0 Å². The Morgan fingerprint density at radius 2 is 1.67 bits per heavy atom. The molecule has 0 saturated heterocycles. The first kappa shape index (κ1) is 19.8. The van der Waals surface area contributed by atoms with Crippen LogP contribution in [-0.2, 0) is 11.3 Å². The zero-order valence-corrected chi connectivity index (χ0v) is 17.1. The van der Waals surface area contributed by atoms with Crippen molar-refractivity contribution in [2.75, 3.05) is 20.3 Å². The van der Waals surface area contributed by atoms with Gasteiger partial charge in [0.25, 0.3) is 0 Å². The molecule has 0 radical (unpaired) electrons. The SMILES string of the molecule is C=CCN(Cc1cccc(OC)c1)C(=O)OCC1c2ccccc2-c2ccccc21. The molecule has 0 fully saturated rings. The zero-order valence-electron chi connectivity index (χ0n) is 17.1. The second-order valence-electron chi connectivity index (χ2n) is 7.32. The number of nitrogens with zero attached hydrogens (tertiary/aromatic N) is 1. The summed E-state index contributed by atoms with van der Waals surface area (Å²) in [5.41, 5.74) is 5.82. The smallest absolute Gasteiger partial charge is 0.410 e. The van der Waals surface area contributed by atoms with Gasteiger partial charge in [-0.1, -0.05) is 66.7 Å². The summed E-state index contributed by atoms with van der Waals surface area (Å²) in [6.45, 7) is 4.93. The third-order valence-electron chi connectivity index (χ3n) is 5.45. The molecule has 0 saturated carbocycles. The van der Waals surface area contributed by atoms with E-state index in [9.17, 15) is 4.79 Å². The fourth-order valence-electron chi connectivity index (χ4n) is 4.04. The van der Waals surface area contributed by atoms with Crippen molar-refractivity contribution in [2.24, 2.45) is 0 Å². The largest absolute Gasteiger partial charge is 0.497 e. The summed E-state index contributed by atoms with van der Waals surface area (Å²) < 4.78 is 11.1. The molecule has 0 spiro atoms. The van der Waals surface area contributed by atoms with E-state index in [1.165, 1.54) is 22.3 Å². The Morgan fingerprint density at radius 1 is 1.00 bits per heavy atom. The van der Waals surface area contributed by atoms with Gasteiger partial charge in [-0.2, -0.15) is 0 Å². The summed E-state index contributed by atoms with van der Waals surface area (Å²) in [4.78, 5) is 14.5. The monoisotopic (exact) mass is 399 g/mol. The molecular weight excluding hydrogens is 374 g/mol. The first-order valence-electron chi connectivity index (χ1n) is 10.0. The lowest BCUT2D eigenvalue weighted by Crippen LogP contribution is -2.32. The number of fused-ring (bicyclic) bond motifs is 3. The van der Waals surface area contributed by atoms with Gasteiger partial charge in [0.05, 0.1) is 7.11 Å². The van der Waals surface area contributed by atoms with Gasteiger partial charge < -0.3 is 14.4 Å². The van der Waals surface area contributed by atoms with Crippen LogP contribution < -0.4 is 4.74 Å². The summed E-state index contributed by atoms with van der Waals surface area (Å²) in [6.07, 6.45) is 1.36. The molecule has 0 N–H and O–H groups in total. The summed E-state index contributed by atoms with van der Waals surface area (Å²) >= 11 is 0. The Morgan fingerprint density at radius 3 is 2.30 bits per heavy atom. The third kappa shape index (κ3) is 3.94. The van der Waals surface area contributed by atoms with Gasteiger partial charge in [0.15, 0.2) is 0 Å². The molecule has 0 heterocycles. The number of hydrogen-bond donors (Lipinski definition) is 0. The topological polar surface area (TPSA) is 38.8 Å². The third-order valence-corrected chi connectivity index (χ3v) is 5.45. The van der Waals surface area contributed by atoms with Crippen LogP contribution in [-0.4, -0.2) is 31.3 Å². The predicted molar refractivity (Wildman–Crippen MR) is 119 cm³/mol. The van der Waals surface area contributed by atoms with Crippen LogP contribution in [0.2, 0.25) is 0 Å². The maximum Gasteiger partial charge on any atom is 0.410 e. The highest BCUT2D eigenvalue weighted by atomic mass is 16.6. The van der Waals surface area contributed by atoms with Gasteiger partial charge in [-0.05, 0) is 39.9 Å². The number of hydrogen-bond acceptors (Lipinski definition) is 3. The summed E-state index contributed by atoms with van der Waals surface area (Å²) in [5.74, 6) is 0.808. The van der Waals surface area contributed by atoms with Crippen LogP contribution in [0.5, 0.6) is 5.75 Å². The number of rotatable bonds is 7. The Balaban J connectivity index is 1.49. The lowest BCUT2D eigenvalue weighted by Gasteiger charge is -2.22. The molecule has 0 aliphatic heterocycles. The van der Waals surface area contributed by atoms with Crippen molar-refractivity contribution in [3.8, 4) is 16.9 Å².